The second-order valence-electron chi connectivity index (χ2n) is 5.49. The molecule has 0 radical (unpaired) electrons. The number of halogens is 1. The van der Waals surface area contributed by atoms with Crippen molar-refractivity contribution in [1.82, 2.24) is 5.32 Å². The van der Waals surface area contributed by atoms with Gasteiger partial charge in [0.25, 0.3) is 5.91 Å². The number of esters is 1. The van der Waals surface area contributed by atoms with Crippen molar-refractivity contribution in [2.24, 2.45) is 0 Å². The molecule has 6 nitrogen and oxygen atoms in total. The lowest BCUT2D eigenvalue weighted by Gasteiger charge is -2.11. The molecule has 1 aliphatic heterocycles. The third-order valence-corrected chi connectivity index (χ3v) is 4.57. The minimum absolute atomic E-state index is 0.0142. The molecule has 0 fully saturated rings. The average Bonchev–Trinajstić information content (AvgIpc) is 3.13. The van der Waals surface area contributed by atoms with E-state index >= 15 is 0 Å². The van der Waals surface area contributed by atoms with E-state index in [4.69, 9.17) is 14.2 Å². The van der Waals surface area contributed by atoms with E-state index in [-0.39, 0.29) is 19.1 Å². The fourth-order valence-electron chi connectivity index (χ4n) is 2.36. The van der Waals surface area contributed by atoms with E-state index in [0.717, 1.165) is 3.57 Å². The molecular formula is C20H16INO5. The molecule has 0 atom stereocenters. The molecule has 0 unspecified atom stereocenters. The van der Waals surface area contributed by atoms with Crippen molar-refractivity contribution in [1.29, 1.82) is 0 Å². The van der Waals surface area contributed by atoms with E-state index in [9.17, 15) is 9.59 Å². The molecular weight excluding hydrogens is 461 g/mol. The summed E-state index contributed by atoms with van der Waals surface area (Å²) >= 11 is 2.07. The Bertz CT molecular complexity index is 922. The van der Waals surface area contributed by atoms with E-state index in [1.54, 1.807) is 30.3 Å². The highest BCUT2D eigenvalue weighted by Gasteiger charge is 2.18. The summed E-state index contributed by atoms with van der Waals surface area (Å²) in [6.07, 6.45) is 2.99. The highest BCUT2D eigenvalue weighted by molar-refractivity contribution is 14.1. The standard InChI is InChI=1S/C20H16INO5/c1-2-9-25-20(24)16(22-19(23)14-5-3-4-6-15(14)21)10-13-7-8-17-18(11-13)27-12-26-17/h2-8,10-11H,1,9,12H2,(H,22,23). The first kappa shape index (κ1) is 19.0. The number of hydrogen-bond acceptors (Lipinski definition) is 5. The van der Waals surface area contributed by atoms with Crippen LogP contribution < -0.4 is 14.8 Å². The first-order valence-corrected chi connectivity index (χ1v) is 9.11. The van der Waals surface area contributed by atoms with Crippen LogP contribution in [0.2, 0.25) is 0 Å². The molecule has 1 aliphatic rings. The van der Waals surface area contributed by atoms with Crippen LogP contribution in [0.4, 0.5) is 0 Å². The van der Waals surface area contributed by atoms with Gasteiger partial charge in [-0.2, -0.15) is 0 Å². The van der Waals surface area contributed by atoms with Gasteiger partial charge in [0.2, 0.25) is 6.79 Å². The molecule has 1 N–H and O–H groups in total. The Morgan fingerprint density at radius 3 is 2.74 bits per heavy atom. The molecule has 0 spiro atoms. The Morgan fingerprint density at radius 2 is 1.96 bits per heavy atom. The van der Waals surface area contributed by atoms with Gasteiger partial charge >= 0.3 is 5.97 Å². The zero-order chi connectivity index (χ0) is 19.2. The van der Waals surface area contributed by atoms with Crippen LogP contribution >= 0.6 is 22.6 Å². The topological polar surface area (TPSA) is 73.9 Å². The second-order valence-corrected chi connectivity index (χ2v) is 6.65. The normalized spacial score (nSPS) is 12.4. The number of nitrogens with one attached hydrogen (secondary N) is 1. The Kier molecular flexibility index (Phi) is 6.12. The monoisotopic (exact) mass is 477 g/mol. The molecule has 3 rings (SSSR count). The van der Waals surface area contributed by atoms with Gasteiger partial charge in [-0.3, -0.25) is 4.79 Å². The Morgan fingerprint density at radius 1 is 1.19 bits per heavy atom. The number of carbonyl (C=O) groups is 2. The summed E-state index contributed by atoms with van der Waals surface area (Å²) in [6, 6.07) is 12.3. The van der Waals surface area contributed by atoms with Gasteiger partial charge in [-0.15, -0.1) is 0 Å². The van der Waals surface area contributed by atoms with Gasteiger partial charge in [0, 0.05) is 3.57 Å². The molecule has 0 aliphatic carbocycles. The largest absolute Gasteiger partial charge is 0.457 e. The van der Waals surface area contributed by atoms with Crippen LogP contribution in [0.5, 0.6) is 11.5 Å². The number of rotatable bonds is 6. The van der Waals surface area contributed by atoms with Gasteiger partial charge in [-0.25, -0.2) is 4.79 Å². The van der Waals surface area contributed by atoms with Crippen molar-refractivity contribution < 1.29 is 23.8 Å². The van der Waals surface area contributed by atoms with Gasteiger partial charge in [0.15, 0.2) is 11.5 Å². The Labute approximate surface area is 169 Å². The number of benzene rings is 2. The van der Waals surface area contributed by atoms with E-state index in [0.29, 0.717) is 22.6 Å². The van der Waals surface area contributed by atoms with Crippen molar-refractivity contribution in [2.45, 2.75) is 0 Å². The lowest BCUT2D eigenvalue weighted by Crippen LogP contribution is -2.29. The molecule has 0 bridgehead atoms. The predicted molar refractivity (Wildman–Crippen MR) is 108 cm³/mol. The van der Waals surface area contributed by atoms with Crippen LogP contribution in [-0.2, 0) is 9.53 Å². The van der Waals surface area contributed by atoms with Gasteiger partial charge in [-0.05, 0) is 58.5 Å². The molecule has 7 heteroatoms. The molecule has 1 amide bonds. The zero-order valence-corrected chi connectivity index (χ0v) is 16.4. The van der Waals surface area contributed by atoms with Crippen LogP contribution in [0.15, 0.2) is 60.8 Å². The van der Waals surface area contributed by atoms with Gasteiger partial charge in [-0.1, -0.05) is 30.9 Å². The van der Waals surface area contributed by atoms with E-state index in [1.807, 2.05) is 12.1 Å². The fourth-order valence-corrected chi connectivity index (χ4v) is 3.00. The van der Waals surface area contributed by atoms with Crippen molar-refractivity contribution in [3.05, 3.63) is 75.5 Å². The first-order chi connectivity index (χ1) is 13.1. The van der Waals surface area contributed by atoms with Gasteiger partial charge in [0.05, 0.1) is 5.56 Å². The molecule has 2 aromatic carbocycles. The van der Waals surface area contributed by atoms with Crippen LogP contribution in [-0.4, -0.2) is 25.3 Å². The van der Waals surface area contributed by atoms with Crippen LogP contribution in [0.1, 0.15) is 15.9 Å². The van der Waals surface area contributed by atoms with Crippen LogP contribution in [0, 0.1) is 3.57 Å². The maximum atomic E-state index is 12.6. The molecule has 0 aromatic heterocycles. The minimum Gasteiger partial charge on any atom is -0.457 e. The summed E-state index contributed by atoms with van der Waals surface area (Å²) < 4.78 is 16.5. The lowest BCUT2D eigenvalue weighted by atomic mass is 10.1. The smallest absolute Gasteiger partial charge is 0.355 e. The Balaban J connectivity index is 1.88. The SMILES string of the molecule is C=CCOC(=O)C(=Cc1ccc2c(c1)OCO2)NC(=O)c1ccccc1I. The average molecular weight is 477 g/mol. The first-order valence-electron chi connectivity index (χ1n) is 8.03. The van der Waals surface area contributed by atoms with Gasteiger partial charge < -0.3 is 19.5 Å². The summed E-state index contributed by atoms with van der Waals surface area (Å²) in [6.45, 7) is 3.71. The highest BCUT2D eigenvalue weighted by atomic mass is 127. The maximum Gasteiger partial charge on any atom is 0.355 e. The summed E-state index contributed by atoms with van der Waals surface area (Å²) in [7, 11) is 0. The third-order valence-electron chi connectivity index (χ3n) is 3.63. The van der Waals surface area contributed by atoms with Crippen LogP contribution in [0.3, 0.4) is 0 Å². The van der Waals surface area contributed by atoms with Crippen LogP contribution in [0.25, 0.3) is 6.08 Å². The van der Waals surface area contributed by atoms with Gasteiger partial charge in [0.1, 0.15) is 12.3 Å². The summed E-state index contributed by atoms with van der Waals surface area (Å²) in [5, 5.41) is 2.64. The number of carbonyl (C=O) groups excluding carboxylic acids is 2. The summed E-state index contributed by atoms with van der Waals surface area (Å²) in [5.41, 5.74) is 1.14. The number of amides is 1. The van der Waals surface area contributed by atoms with E-state index < -0.39 is 11.9 Å². The van der Waals surface area contributed by atoms with Crippen molar-refractivity contribution in [3.63, 3.8) is 0 Å². The maximum absolute atomic E-state index is 12.6. The van der Waals surface area contributed by atoms with Crippen molar-refractivity contribution in [3.8, 4) is 11.5 Å². The van der Waals surface area contributed by atoms with Crippen molar-refractivity contribution in [2.75, 3.05) is 13.4 Å². The molecule has 0 saturated heterocycles. The number of hydrogen-bond donors (Lipinski definition) is 1. The summed E-state index contributed by atoms with van der Waals surface area (Å²) in [4.78, 5) is 25.0. The lowest BCUT2D eigenvalue weighted by molar-refractivity contribution is -0.138. The quantitative estimate of drug-likeness (QED) is 0.299. The number of ether oxygens (including phenoxy) is 3. The molecule has 27 heavy (non-hydrogen) atoms. The van der Waals surface area contributed by atoms with E-state index in [2.05, 4.69) is 34.5 Å². The molecule has 0 saturated carbocycles. The Hall–Kier alpha value is -2.81. The molecule has 1 heterocycles. The minimum atomic E-state index is -0.660. The van der Waals surface area contributed by atoms with E-state index in [1.165, 1.54) is 12.2 Å². The molecule has 2 aromatic rings. The number of fused-ring (bicyclic) bond motifs is 1. The predicted octanol–water partition coefficient (Wildman–Crippen LogP) is 3.52. The second kappa shape index (κ2) is 8.72. The molecule has 138 valence electrons. The summed E-state index contributed by atoms with van der Waals surface area (Å²) in [5.74, 6) is 0.145. The fraction of sp³-hybridized carbons (Fsp3) is 0.100. The highest BCUT2D eigenvalue weighted by Crippen LogP contribution is 2.33. The third kappa shape index (κ3) is 4.68. The zero-order valence-electron chi connectivity index (χ0n) is 14.2. The van der Waals surface area contributed by atoms with Crippen molar-refractivity contribution >= 4 is 40.5 Å².